The Kier molecular flexibility index (Phi) is 4.69. The summed E-state index contributed by atoms with van der Waals surface area (Å²) >= 11 is 5.48. The van der Waals surface area contributed by atoms with Crippen molar-refractivity contribution in [2.75, 3.05) is 6.61 Å². The zero-order chi connectivity index (χ0) is 15.5. The van der Waals surface area contributed by atoms with E-state index in [4.69, 9.17) is 21.4 Å². The summed E-state index contributed by atoms with van der Waals surface area (Å²) in [6, 6.07) is 8.97. The van der Waals surface area contributed by atoms with Crippen molar-refractivity contribution in [2.45, 2.75) is 12.6 Å². The summed E-state index contributed by atoms with van der Waals surface area (Å²) in [5, 5.41) is 8.32. The SMILES string of the molecule is OCCc1ccc(Oc2ccc(Cl)c(C(F)(F)F)n2)cc1. The van der Waals surface area contributed by atoms with Crippen LogP contribution in [0.4, 0.5) is 13.2 Å². The molecule has 0 spiro atoms. The largest absolute Gasteiger partial charge is 0.439 e. The molecule has 0 bridgehead atoms. The lowest BCUT2D eigenvalue weighted by Crippen LogP contribution is -2.09. The molecule has 2 rings (SSSR count). The molecule has 0 aliphatic carbocycles. The van der Waals surface area contributed by atoms with Crippen LogP contribution in [0.25, 0.3) is 0 Å². The highest BCUT2D eigenvalue weighted by Crippen LogP contribution is 2.35. The molecule has 0 amide bonds. The van der Waals surface area contributed by atoms with Crippen molar-refractivity contribution in [3.63, 3.8) is 0 Å². The first kappa shape index (κ1) is 15.6. The van der Waals surface area contributed by atoms with E-state index in [2.05, 4.69) is 4.98 Å². The van der Waals surface area contributed by atoms with Crippen LogP contribution < -0.4 is 4.74 Å². The molecule has 0 fully saturated rings. The minimum atomic E-state index is -4.64. The average molecular weight is 318 g/mol. The lowest BCUT2D eigenvalue weighted by atomic mass is 10.1. The van der Waals surface area contributed by atoms with E-state index in [9.17, 15) is 13.2 Å². The molecule has 2 aromatic rings. The second-order valence-electron chi connectivity index (χ2n) is 4.20. The Labute approximate surface area is 124 Å². The van der Waals surface area contributed by atoms with Gasteiger partial charge in [-0.05, 0) is 30.2 Å². The fraction of sp³-hybridized carbons (Fsp3) is 0.214. The monoisotopic (exact) mass is 317 g/mol. The van der Waals surface area contributed by atoms with Crippen LogP contribution in [0.1, 0.15) is 11.3 Å². The van der Waals surface area contributed by atoms with Gasteiger partial charge >= 0.3 is 6.18 Å². The predicted octanol–water partition coefficient (Wildman–Crippen LogP) is 4.08. The first-order valence-corrected chi connectivity index (χ1v) is 6.39. The fourth-order valence-corrected chi connectivity index (χ4v) is 1.87. The standard InChI is InChI=1S/C14H11ClF3NO2/c15-11-5-6-12(19-13(11)14(16,17)18)21-10-3-1-9(2-4-10)7-8-20/h1-6,20H,7-8H2. The molecule has 0 aliphatic rings. The lowest BCUT2D eigenvalue weighted by molar-refractivity contribution is -0.141. The maximum atomic E-state index is 12.7. The van der Waals surface area contributed by atoms with Crippen molar-refractivity contribution >= 4 is 11.6 Å². The third kappa shape index (κ3) is 4.09. The van der Waals surface area contributed by atoms with Crippen molar-refractivity contribution in [1.82, 2.24) is 4.98 Å². The van der Waals surface area contributed by atoms with Gasteiger partial charge in [0, 0.05) is 12.7 Å². The first-order chi connectivity index (χ1) is 9.90. The number of benzene rings is 1. The molecule has 0 aliphatic heterocycles. The van der Waals surface area contributed by atoms with Crippen LogP contribution in [0, 0.1) is 0 Å². The van der Waals surface area contributed by atoms with Crippen molar-refractivity contribution < 1.29 is 23.0 Å². The van der Waals surface area contributed by atoms with Crippen LogP contribution in [0.15, 0.2) is 36.4 Å². The quantitative estimate of drug-likeness (QED) is 0.924. The van der Waals surface area contributed by atoms with E-state index in [1.165, 1.54) is 6.07 Å². The van der Waals surface area contributed by atoms with Crippen molar-refractivity contribution in [2.24, 2.45) is 0 Å². The van der Waals surface area contributed by atoms with E-state index in [1.807, 2.05) is 0 Å². The second-order valence-corrected chi connectivity index (χ2v) is 4.60. The first-order valence-electron chi connectivity index (χ1n) is 6.01. The van der Waals surface area contributed by atoms with Gasteiger partial charge in [-0.2, -0.15) is 13.2 Å². The molecule has 21 heavy (non-hydrogen) atoms. The molecular weight excluding hydrogens is 307 g/mol. The third-order valence-corrected chi connectivity index (χ3v) is 2.94. The van der Waals surface area contributed by atoms with Gasteiger partial charge < -0.3 is 9.84 Å². The Bertz CT molecular complexity index is 615. The molecule has 0 saturated heterocycles. The molecule has 0 radical (unpaired) electrons. The van der Waals surface area contributed by atoms with Gasteiger partial charge in [0.1, 0.15) is 5.75 Å². The molecule has 0 saturated carbocycles. The van der Waals surface area contributed by atoms with Crippen LogP contribution in [-0.2, 0) is 12.6 Å². The Hall–Kier alpha value is -1.79. The van der Waals surface area contributed by atoms with Crippen LogP contribution in [0.3, 0.4) is 0 Å². The molecule has 0 unspecified atom stereocenters. The van der Waals surface area contributed by atoms with Crippen LogP contribution >= 0.6 is 11.6 Å². The van der Waals surface area contributed by atoms with Crippen LogP contribution in [0.5, 0.6) is 11.6 Å². The number of halogens is 4. The molecule has 1 N–H and O–H groups in total. The maximum Gasteiger partial charge on any atom is 0.434 e. The predicted molar refractivity (Wildman–Crippen MR) is 71.6 cm³/mol. The van der Waals surface area contributed by atoms with E-state index in [0.29, 0.717) is 12.2 Å². The number of aliphatic hydroxyl groups is 1. The highest BCUT2D eigenvalue weighted by molar-refractivity contribution is 6.31. The number of alkyl halides is 3. The summed E-state index contributed by atoms with van der Waals surface area (Å²) in [5.74, 6) is 0.154. The normalized spacial score (nSPS) is 11.5. The number of hydrogen-bond donors (Lipinski definition) is 1. The highest BCUT2D eigenvalue weighted by Gasteiger charge is 2.35. The fourth-order valence-electron chi connectivity index (χ4n) is 1.65. The molecule has 7 heteroatoms. The van der Waals surface area contributed by atoms with Gasteiger partial charge in [-0.1, -0.05) is 23.7 Å². The molecule has 112 valence electrons. The van der Waals surface area contributed by atoms with E-state index in [1.54, 1.807) is 24.3 Å². The van der Waals surface area contributed by atoms with Crippen molar-refractivity contribution in [1.29, 1.82) is 0 Å². The number of pyridine rings is 1. The Morgan fingerprint density at radius 1 is 1.10 bits per heavy atom. The van der Waals surface area contributed by atoms with Gasteiger partial charge in [-0.25, -0.2) is 4.98 Å². The van der Waals surface area contributed by atoms with Gasteiger partial charge in [-0.3, -0.25) is 0 Å². The van der Waals surface area contributed by atoms with Crippen molar-refractivity contribution in [3.05, 3.63) is 52.7 Å². The molecule has 1 aromatic carbocycles. The van der Waals surface area contributed by atoms with Gasteiger partial charge in [0.15, 0.2) is 5.69 Å². The second kappa shape index (κ2) is 6.32. The highest BCUT2D eigenvalue weighted by atomic mass is 35.5. The Morgan fingerprint density at radius 3 is 2.33 bits per heavy atom. The summed E-state index contributed by atoms with van der Waals surface area (Å²) in [6.45, 7) is 0.0217. The minimum Gasteiger partial charge on any atom is -0.439 e. The third-order valence-electron chi connectivity index (χ3n) is 2.64. The van der Waals surface area contributed by atoms with Gasteiger partial charge in [-0.15, -0.1) is 0 Å². The summed E-state index contributed by atoms with van der Waals surface area (Å²) in [5.41, 5.74) is -0.288. The number of hydrogen-bond acceptors (Lipinski definition) is 3. The summed E-state index contributed by atoms with van der Waals surface area (Å²) in [4.78, 5) is 3.38. The molecule has 1 heterocycles. The maximum absolute atomic E-state index is 12.7. The number of aromatic nitrogens is 1. The Morgan fingerprint density at radius 2 is 1.76 bits per heavy atom. The molecule has 3 nitrogen and oxygen atoms in total. The van der Waals surface area contributed by atoms with E-state index in [0.717, 1.165) is 11.6 Å². The van der Waals surface area contributed by atoms with E-state index in [-0.39, 0.29) is 12.5 Å². The Balaban J connectivity index is 2.20. The number of aliphatic hydroxyl groups excluding tert-OH is 1. The van der Waals surface area contributed by atoms with Crippen molar-refractivity contribution in [3.8, 4) is 11.6 Å². The number of nitrogens with zero attached hydrogens (tertiary/aromatic N) is 1. The summed E-state index contributed by atoms with van der Waals surface area (Å²) in [6.07, 6.45) is -4.14. The van der Waals surface area contributed by atoms with E-state index >= 15 is 0 Å². The van der Waals surface area contributed by atoms with Crippen LogP contribution in [0.2, 0.25) is 5.02 Å². The lowest BCUT2D eigenvalue weighted by Gasteiger charge is -2.10. The van der Waals surface area contributed by atoms with E-state index < -0.39 is 16.9 Å². The van der Waals surface area contributed by atoms with Gasteiger partial charge in [0.25, 0.3) is 0 Å². The van der Waals surface area contributed by atoms with Gasteiger partial charge in [0.05, 0.1) is 5.02 Å². The zero-order valence-corrected chi connectivity index (χ0v) is 11.4. The molecule has 1 aromatic heterocycles. The number of rotatable bonds is 4. The average Bonchev–Trinajstić information content (AvgIpc) is 2.42. The van der Waals surface area contributed by atoms with Gasteiger partial charge in [0.2, 0.25) is 5.88 Å². The minimum absolute atomic E-state index is 0.0217. The topological polar surface area (TPSA) is 42.4 Å². The zero-order valence-electron chi connectivity index (χ0n) is 10.7. The molecule has 0 atom stereocenters. The number of ether oxygens (including phenoxy) is 1. The smallest absolute Gasteiger partial charge is 0.434 e. The van der Waals surface area contributed by atoms with Crippen LogP contribution in [-0.4, -0.2) is 16.7 Å². The summed E-state index contributed by atoms with van der Waals surface area (Å²) < 4.78 is 43.3. The molecular formula is C14H11ClF3NO2. The summed E-state index contributed by atoms with van der Waals surface area (Å²) in [7, 11) is 0.